The Balaban J connectivity index is 1.91. The summed E-state index contributed by atoms with van der Waals surface area (Å²) in [6.07, 6.45) is -0.0161. The number of aliphatic hydroxyl groups is 1. The van der Waals surface area contributed by atoms with Crippen molar-refractivity contribution in [3.05, 3.63) is 71.8 Å². The number of nitrogens with zero attached hydrogens (tertiary/aromatic N) is 1. The number of cyclic esters (lactones) is 1. The van der Waals surface area contributed by atoms with E-state index in [2.05, 4.69) is 0 Å². The summed E-state index contributed by atoms with van der Waals surface area (Å²) < 4.78 is 21.0. The van der Waals surface area contributed by atoms with E-state index in [4.69, 9.17) is 4.74 Å². The third-order valence-corrected chi connectivity index (χ3v) is 6.16. The Morgan fingerprint density at radius 2 is 1.74 bits per heavy atom. The number of aliphatic hydroxyl groups excluding tert-OH is 1. The van der Waals surface area contributed by atoms with Crippen LogP contribution in [-0.4, -0.2) is 38.9 Å². The molecule has 1 fully saturated rings. The lowest BCUT2D eigenvalue weighted by molar-refractivity contribution is -0.160. The maximum atomic E-state index is 13.8. The van der Waals surface area contributed by atoms with E-state index in [1.165, 1.54) is 12.1 Å². The Kier molecular flexibility index (Phi) is 6.84. The van der Waals surface area contributed by atoms with Crippen LogP contribution in [0.1, 0.15) is 55.3 Å². The molecule has 3 aromatic rings. The van der Waals surface area contributed by atoms with Gasteiger partial charge in [0, 0.05) is 29.3 Å². The topological polar surface area (TPSA) is 88.8 Å². The molecule has 1 aromatic heterocycles. The number of aromatic nitrogens is 1. The number of carbonyl (C=O) groups is 2. The maximum Gasteiger partial charge on any atom is 0.353 e. The van der Waals surface area contributed by atoms with Gasteiger partial charge >= 0.3 is 11.9 Å². The Morgan fingerprint density at radius 1 is 1.09 bits per heavy atom. The fourth-order valence-corrected chi connectivity index (χ4v) is 4.81. The maximum absolute atomic E-state index is 13.8. The van der Waals surface area contributed by atoms with E-state index < -0.39 is 24.1 Å². The minimum absolute atomic E-state index is 0.0129. The summed E-state index contributed by atoms with van der Waals surface area (Å²) in [5.41, 5.74) is 3.69. The Labute approximate surface area is 197 Å². The van der Waals surface area contributed by atoms with E-state index >= 15 is 0 Å². The van der Waals surface area contributed by atoms with E-state index in [0.29, 0.717) is 30.4 Å². The quantitative estimate of drug-likeness (QED) is 0.466. The highest BCUT2D eigenvalue weighted by Gasteiger charge is 2.32. The molecule has 4 rings (SSSR count). The molecule has 1 aliphatic rings. The van der Waals surface area contributed by atoms with Gasteiger partial charge in [0.2, 0.25) is 0 Å². The molecule has 0 aliphatic carbocycles. The van der Waals surface area contributed by atoms with Crippen LogP contribution in [0.4, 0.5) is 4.39 Å². The van der Waals surface area contributed by atoms with E-state index in [0.717, 1.165) is 16.8 Å². The summed E-state index contributed by atoms with van der Waals surface area (Å²) in [5.74, 6) is -1.86. The van der Waals surface area contributed by atoms with Gasteiger partial charge in [-0.3, -0.25) is 4.79 Å². The Morgan fingerprint density at radius 3 is 2.32 bits per heavy atom. The number of aromatic carboxylic acids is 1. The van der Waals surface area contributed by atoms with Gasteiger partial charge in [-0.2, -0.15) is 0 Å². The monoisotopic (exact) mass is 465 g/mol. The van der Waals surface area contributed by atoms with Crippen molar-refractivity contribution in [1.29, 1.82) is 0 Å². The smallest absolute Gasteiger partial charge is 0.353 e. The molecule has 2 aromatic carbocycles. The molecule has 2 atom stereocenters. The summed E-state index contributed by atoms with van der Waals surface area (Å²) in [6, 6.07) is 15.2. The SMILES string of the molecule is CC(C)n1c(CCC2C[C@@H](O)CC(=O)O2)c(-c2ccc(F)cc2)c(-c2ccccc2)c1C(=O)O. The number of esters is 1. The number of benzene rings is 2. The van der Waals surface area contributed by atoms with Gasteiger partial charge in [0.1, 0.15) is 17.6 Å². The lowest BCUT2D eigenvalue weighted by Gasteiger charge is -2.26. The number of carboxylic acids is 1. The molecule has 0 saturated carbocycles. The van der Waals surface area contributed by atoms with Gasteiger partial charge in [-0.25, -0.2) is 9.18 Å². The average molecular weight is 466 g/mol. The molecule has 0 bridgehead atoms. The van der Waals surface area contributed by atoms with Crippen molar-refractivity contribution in [2.45, 2.75) is 57.8 Å². The molecule has 2 heterocycles. The van der Waals surface area contributed by atoms with E-state index in [1.54, 1.807) is 12.1 Å². The predicted molar refractivity (Wildman–Crippen MR) is 126 cm³/mol. The number of hydrogen-bond donors (Lipinski definition) is 2. The number of carbonyl (C=O) groups excluding carboxylic acids is 1. The minimum Gasteiger partial charge on any atom is -0.477 e. The van der Waals surface area contributed by atoms with Crippen LogP contribution in [0.5, 0.6) is 0 Å². The predicted octanol–water partition coefficient (Wildman–Crippen LogP) is 5.24. The fourth-order valence-electron chi connectivity index (χ4n) is 4.81. The largest absolute Gasteiger partial charge is 0.477 e. The second-order valence-electron chi connectivity index (χ2n) is 8.93. The number of carboxylic acid groups (broad SMARTS) is 1. The fraction of sp³-hybridized carbons (Fsp3) is 0.333. The zero-order valence-electron chi connectivity index (χ0n) is 19.2. The van der Waals surface area contributed by atoms with Gasteiger partial charge in [-0.1, -0.05) is 42.5 Å². The van der Waals surface area contributed by atoms with Crippen molar-refractivity contribution in [1.82, 2.24) is 4.57 Å². The number of rotatable bonds is 7. The van der Waals surface area contributed by atoms with Gasteiger partial charge in [-0.15, -0.1) is 0 Å². The van der Waals surface area contributed by atoms with Gasteiger partial charge in [-0.05, 0) is 49.9 Å². The second-order valence-corrected chi connectivity index (χ2v) is 8.93. The summed E-state index contributed by atoms with van der Waals surface area (Å²) in [6.45, 7) is 3.84. The van der Waals surface area contributed by atoms with Crippen molar-refractivity contribution < 1.29 is 28.9 Å². The molecule has 1 unspecified atom stereocenters. The number of ether oxygens (including phenoxy) is 1. The van der Waals surface area contributed by atoms with Crippen LogP contribution >= 0.6 is 0 Å². The molecular formula is C27H28FNO5. The van der Waals surface area contributed by atoms with Gasteiger partial charge in [0.25, 0.3) is 0 Å². The third kappa shape index (κ3) is 4.75. The highest BCUT2D eigenvalue weighted by atomic mass is 19.1. The first-order valence-corrected chi connectivity index (χ1v) is 11.5. The molecule has 2 N–H and O–H groups in total. The molecule has 178 valence electrons. The van der Waals surface area contributed by atoms with Crippen molar-refractivity contribution >= 4 is 11.9 Å². The van der Waals surface area contributed by atoms with Gasteiger partial charge in [0.15, 0.2) is 0 Å². The van der Waals surface area contributed by atoms with Crippen LogP contribution in [0.25, 0.3) is 22.3 Å². The zero-order chi connectivity index (χ0) is 24.4. The first-order chi connectivity index (χ1) is 16.3. The lowest BCUT2D eigenvalue weighted by Crippen LogP contribution is -2.33. The lowest BCUT2D eigenvalue weighted by atomic mass is 9.92. The van der Waals surface area contributed by atoms with Crippen molar-refractivity contribution in [3.8, 4) is 22.3 Å². The first-order valence-electron chi connectivity index (χ1n) is 11.5. The number of halogens is 1. The van der Waals surface area contributed by atoms with Crippen molar-refractivity contribution in [2.75, 3.05) is 0 Å². The van der Waals surface area contributed by atoms with Gasteiger partial charge in [0.05, 0.1) is 12.5 Å². The number of hydrogen-bond acceptors (Lipinski definition) is 4. The van der Waals surface area contributed by atoms with E-state index in [1.807, 2.05) is 48.7 Å². The van der Waals surface area contributed by atoms with Crippen LogP contribution in [0, 0.1) is 5.82 Å². The second kappa shape index (κ2) is 9.81. The molecule has 1 aliphatic heterocycles. The standard InChI is InChI=1S/C27H28FNO5/c1-16(2)29-22(13-12-21-14-20(30)15-23(31)34-21)24(18-8-10-19(28)11-9-18)25(26(29)27(32)33)17-6-4-3-5-7-17/h3-11,16,20-21,30H,12-15H2,1-2H3,(H,32,33)/t20-,21?/m1/s1. The van der Waals surface area contributed by atoms with Crippen LogP contribution < -0.4 is 0 Å². The van der Waals surface area contributed by atoms with E-state index in [9.17, 15) is 24.2 Å². The van der Waals surface area contributed by atoms with Crippen LogP contribution in [0.15, 0.2) is 54.6 Å². The Bertz CT molecular complexity index is 1180. The highest BCUT2D eigenvalue weighted by Crippen LogP contribution is 2.42. The molecular weight excluding hydrogens is 437 g/mol. The Hall–Kier alpha value is -3.45. The van der Waals surface area contributed by atoms with Gasteiger partial charge < -0.3 is 19.5 Å². The molecule has 6 nitrogen and oxygen atoms in total. The molecule has 0 spiro atoms. The molecule has 0 radical (unpaired) electrons. The molecule has 1 saturated heterocycles. The molecule has 7 heteroatoms. The third-order valence-electron chi connectivity index (χ3n) is 6.16. The van der Waals surface area contributed by atoms with Crippen LogP contribution in [0.2, 0.25) is 0 Å². The van der Waals surface area contributed by atoms with Crippen LogP contribution in [-0.2, 0) is 16.0 Å². The summed E-state index contributed by atoms with van der Waals surface area (Å²) >= 11 is 0. The zero-order valence-corrected chi connectivity index (χ0v) is 19.2. The first kappa shape index (κ1) is 23.7. The highest BCUT2D eigenvalue weighted by molar-refractivity contribution is 6.02. The van der Waals surface area contributed by atoms with Crippen molar-refractivity contribution in [2.24, 2.45) is 0 Å². The average Bonchev–Trinajstić information content (AvgIpc) is 3.14. The summed E-state index contributed by atoms with van der Waals surface area (Å²) in [7, 11) is 0. The molecule has 34 heavy (non-hydrogen) atoms. The van der Waals surface area contributed by atoms with Crippen LogP contribution in [0.3, 0.4) is 0 Å². The van der Waals surface area contributed by atoms with Crippen molar-refractivity contribution in [3.63, 3.8) is 0 Å². The normalized spacial score (nSPS) is 18.2. The summed E-state index contributed by atoms with van der Waals surface area (Å²) in [4.78, 5) is 24.4. The molecule has 0 amide bonds. The van der Waals surface area contributed by atoms with E-state index in [-0.39, 0.29) is 24.0 Å². The minimum atomic E-state index is -1.05. The summed E-state index contributed by atoms with van der Waals surface area (Å²) in [5, 5.41) is 20.3.